The maximum absolute atomic E-state index is 12.2. The second kappa shape index (κ2) is 6.13. The number of nitrogens with one attached hydrogen (secondary N) is 3. The van der Waals surface area contributed by atoms with Crippen LogP contribution in [0.15, 0.2) is 71.5 Å². The normalized spacial score (nSPS) is 11.4. The minimum Gasteiger partial charge on any atom is -0.322 e. The first-order valence-electron chi connectivity index (χ1n) is 7.88. The smallest absolute Gasteiger partial charge is 0.322 e. The number of H-pyrrole nitrogens is 2. The van der Waals surface area contributed by atoms with E-state index in [1.165, 1.54) is 6.08 Å². The summed E-state index contributed by atoms with van der Waals surface area (Å²) in [5.41, 5.74) is 2.69. The van der Waals surface area contributed by atoms with E-state index in [0.717, 1.165) is 16.3 Å². The van der Waals surface area contributed by atoms with Gasteiger partial charge in [-0.15, -0.1) is 0 Å². The van der Waals surface area contributed by atoms with Crippen LogP contribution < -0.4 is 11.0 Å². The molecule has 1 aromatic heterocycles. The number of hydrogen-bond acceptors (Lipinski definition) is 2. The molecule has 5 nitrogen and oxygen atoms in total. The number of carbonyl (C=O) groups is 1. The second-order valence-corrected chi connectivity index (χ2v) is 5.73. The monoisotopic (exact) mass is 329 g/mol. The standard InChI is InChI=1S/C20H15N3O2/c24-19(21-15-9-10-17-18(12-15)23-20(25)22-17)11-8-14-6-3-5-13-4-1-2-7-16(13)14/h1-12H,(H,21,24)(H2,22,23,25)/b11-8+. The fourth-order valence-electron chi connectivity index (χ4n) is 2.86. The van der Waals surface area contributed by atoms with Crippen molar-refractivity contribution < 1.29 is 4.79 Å². The second-order valence-electron chi connectivity index (χ2n) is 5.73. The van der Waals surface area contributed by atoms with Crippen LogP contribution in [0.1, 0.15) is 5.56 Å². The molecule has 0 saturated carbocycles. The zero-order valence-corrected chi connectivity index (χ0v) is 13.2. The summed E-state index contributed by atoms with van der Waals surface area (Å²) in [4.78, 5) is 28.8. The number of aromatic nitrogens is 2. The third-order valence-electron chi connectivity index (χ3n) is 4.02. The van der Waals surface area contributed by atoms with Crippen molar-refractivity contribution in [2.45, 2.75) is 0 Å². The zero-order valence-electron chi connectivity index (χ0n) is 13.2. The molecule has 0 aliphatic rings. The van der Waals surface area contributed by atoms with E-state index in [0.29, 0.717) is 16.7 Å². The van der Waals surface area contributed by atoms with Gasteiger partial charge < -0.3 is 15.3 Å². The Bertz CT molecular complexity index is 1160. The molecule has 0 radical (unpaired) electrons. The highest BCUT2D eigenvalue weighted by Gasteiger charge is 2.03. The van der Waals surface area contributed by atoms with Crippen LogP contribution in [-0.4, -0.2) is 15.9 Å². The van der Waals surface area contributed by atoms with E-state index in [2.05, 4.69) is 15.3 Å². The molecule has 0 bridgehead atoms. The van der Waals surface area contributed by atoms with Crippen molar-refractivity contribution in [2.75, 3.05) is 5.32 Å². The number of fused-ring (bicyclic) bond motifs is 2. The summed E-state index contributed by atoms with van der Waals surface area (Å²) in [6.45, 7) is 0. The highest BCUT2D eigenvalue weighted by Crippen LogP contribution is 2.20. The Morgan fingerprint density at radius 2 is 1.72 bits per heavy atom. The number of carbonyl (C=O) groups excluding carboxylic acids is 1. The lowest BCUT2D eigenvalue weighted by Gasteiger charge is -2.03. The molecule has 25 heavy (non-hydrogen) atoms. The first kappa shape index (κ1) is 15.0. The molecule has 0 atom stereocenters. The fraction of sp³-hybridized carbons (Fsp3) is 0. The van der Waals surface area contributed by atoms with Crippen molar-refractivity contribution >= 4 is 39.5 Å². The summed E-state index contributed by atoms with van der Waals surface area (Å²) in [6.07, 6.45) is 3.31. The van der Waals surface area contributed by atoms with E-state index in [-0.39, 0.29) is 11.6 Å². The van der Waals surface area contributed by atoms with Crippen LogP contribution in [0, 0.1) is 0 Å². The number of hydrogen-bond donors (Lipinski definition) is 3. The Balaban J connectivity index is 1.56. The number of rotatable bonds is 3. The number of amides is 1. The lowest BCUT2D eigenvalue weighted by Crippen LogP contribution is -2.07. The maximum atomic E-state index is 12.2. The molecule has 0 aliphatic carbocycles. The van der Waals surface area contributed by atoms with Gasteiger partial charge in [-0.05, 0) is 40.6 Å². The zero-order chi connectivity index (χ0) is 17.2. The highest BCUT2D eigenvalue weighted by atomic mass is 16.1. The van der Waals surface area contributed by atoms with Crippen LogP contribution in [0.25, 0.3) is 27.9 Å². The lowest BCUT2D eigenvalue weighted by molar-refractivity contribution is -0.111. The first-order valence-corrected chi connectivity index (χ1v) is 7.88. The van der Waals surface area contributed by atoms with Crippen LogP contribution in [0.4, 0.5) is 5.69 Å². The van der Waals surface area contributed by atoms with Crippen LogP contribution in [-0.2, 0) is 4.79 Å². The van der Waals surface area contributed by atoms with E-state index in [1.807, 2.05) is 42.5 Å². The van der Waals surface area contributed by atoms with Gasteiger partial charge in [-0.3, -0.25) is 4.79 Å². The van der Waals surface area contributed by atoms with Crippen LogP contribution >= 0.6 is 0 Å². The number of anilines is 1. The van der Waals surface area contributed by atoms with E-state index in [9.17, 15) is 9.59 Å². The van der Waals surface area contributed by atoms with Gasteiger partial charge in [0.2, 0.25) is 5.91 Å². The minimum atomic E-state index is -0.269. The van der Waals surface area contributed by atoms with Crippen molar-refractivity contribution in [1.82, 2.24) is 9.97 Å². The number of imidazole rings is 1. The molecule has 0 fully saturated rings. The topological polar surface area (TPSA) is 77.8 Å². The number of aromatic amines is 2. The molecule has 4 rings (SSSR count). The van der Waals surface area contributed by atoms with Crippen molar-refractivity contribution in [1.29, 1.82) is 0 Å². The molecule has 122 valence electrons. The number of benzene rings is 3. The van der Waals surface area contributed by atoms with Gasteiger partial charge in [-0.1, -0.05) is 42.5 Å². The van der Waals surface area contributed by atoms with Crippen LogP contribution in [0.3, 0.4) is 0 Å². The van der Waals surface area contributed by atoms with E-state index in [1.54, 1.807) is 24.3 Å². The predicted molar refractivity (Wildman–Crippen MR) is 101 cm³/mol. The highest BCUT2D eigenvalue weighted by molar-refractivity contribution is 6.04. The average molecular weight is 329 g/mol. The molecule has 0 spiro atoms. The third kappa shape index (κ3) is 3.07. The summed E-state index contributed by atoms with van der Waals surface area (Å²) >= 11 is 0. The first-order chi connectivity index (χ1) is 12.2. The predicted octanol–water partition coefficient (Wildman–Crippen LogP) is 3.66. The summed E-state index contributed by atoms with van der Waals surface area (Å²) in [5.74, 6) is -0.231. The Morgan fingerprint density at radius 3 is 2.64 bits per heavy atom. The lowest BCUT2D eigenvalue weighted by atomic mass is 10.0. The fourth-order valence-corrected chi connectivity index (χ4v) is 2.86. The average Bonchev–Trinajstić information content (AvgIpc) is 2.99. The Kier molecular flexibility index (Phi) is 3.67. The van der Waals surface area contributed by atoms with Crippen LogP contribution in [0.5, 0.6) is 0 Å². The Morgan fingerprint density at radius 1 is 0.920 bits per heavy atom. The van der Waals surface area contributed by atoms with Crippen LogP contribution in [0.2, 0.25) is 0 Å². The molecule has 1 heterocycles. The molecule has 3 aromatic carbocycles. The van der Waals surface area contributed by atoms with Crippen molar-refractivity contribution in [3.63, 3.8) is 0 Å². The van der Waals surface area contributed by atoms with Gasteiger partial charge in [0.25, 0.3) is 0 Å². The summed E-state index contributed by atoms with van der Waals surface area (Å²) in [7, 11) is 0. The molecule has 1 amide bonds. The Hall–Kier alpha value is -3.60. The molecular weight excluding hydrogens is 314 g/mol. The quantitative estimate of drug-likeness (QED) is 0.502. The molecule has 0 saturated heterocycles. The Labute approximate surface area is 143 Å². The minimum absolute atomic E-state index is 0.231. The molecular formula is C20H15N3O2. The van der Waals surface area contributed by atoms with Gasteiger partial charge in [-0.2, -0.15) is 0 Å². The van der Waals surface area contributed by atoms with E-state index < -0.39 is 0 Å². The van der Waals surface area contributed by atoms with Gasteiger partial charge in [0.15, 0.2) is 0 Å². The van der Waals surface area contributed by atoms with E-state index in [4.69, 9.17) is 0 Å². The van der Waals surface area contributed by atoms with Gasteiger partial charge in [0, 0.05) is 11.8 Å². The molecule has 0 aliphatic heterocycles. The molecule has 4 aromatic rings. The van der Waals surface area contributed by atoms with Crippen molar-refractivity contribution in [2.24, 2.45) is 0 Å². The summed E-state index contributed by atoms with van der Waals surface area (Å²) < 4.78 is 0. The van der Waals surface area contributed by atoms with Gasteiger partial charge in [-0.25, -0.2) is 4.79 Å². The van der Waals surface area contributed by atoms with Gasteiger partial charge in [0.05, 0.1) is 11.0 Å². The van der Waals surface area contributed by atoms with Gasteiger partial charge in [0.1, 0.15) is 0 Å². The van der Waals surface area contributed by atoms with Gasteiger partial charge >= 0.3 is 5.69 Å². The van der Waals surface area contributed by atoms with Crippen molar-refractivity contribution in [3.05, 3.63) is 82.8 Å². The molecule has 0 unspecified atom stereocenters. The maximum Gasteiger partial charge on any atom is 0.323 e. The van der Waals surface area contributed by atoms with Crippen molar-refractivity contribution in [3.8, 4) is 0 Å². The largest absolute Gasteiger partial charge is 0.323 e. The third-order valence-corrected chi connectivity index (χ3v) is 4.02. The summed E-state index contributed by atoms with van der Waals surface area (Å²) in [5, 5.41) is 5.03. The molecule has 3 N–H and O–H groups in total. The summed E-state index contributed by atoms with van der Waals surface area (Å²) in [6, 6.07) is 19.2. The van der Waals surface area contributed by atoms with E-state index >= 15 is 0 Å². The molecule has 5 heteroatoms. The SMILES string of the molecule is O=C(/C=C/c1cccc2ccccc12)Nc1ccc2[nH]c(=O)[nH]c2c1.